The van der Waals surface area contributed by atoms with Crippen molar-refractivity contribution in [2.24, 2.45) is 0 Å². The van der Waals surface area contributed by atoms with E-state index in [2.05, 4.69) is 24.9 Å². The molecule has 11 nitrogen and oxygen atoms in total. The molecule has 4 rings (SSSR count). The molecule has 0 bridgehead atoms. The Hall–Kier alpha value is -4.03. The van der Waals surface area contributed by atoms with Gasteiger partial charge >= 0.3 is 24.0 Å². The summed E-state index contributed by atoms with van der Waals surface area (Å²) in [7, 11) is -2.95. The molecule has 0 saturated carbocycles. The Bertz CT molecular complexity index is 1800. The molecule has 0 aliphatic heterocycles. The SMILES string of the molecule is CC(C)(C)[Si](C)(C)O[C@@H](Cn1c(-c2ccc(Cl)cc2)nn(Cc2ncn(-c3cccnc3CC(=O)OCC(F)(F)F)n2)c1=O)C(F)(F)F. The Morgan fingerprint density at radius 1 is 1.00 bits per heavy atom. The Balaban J connectivity index is 1.67. The summed E-state index contributed by atoms with van der Waals surface area (Å²) in [5.41, 5.74) is -0.346. The van der Waals surface area contributed by atoms with E-state index in [0.717, 1.165) is 9.25 Å². The predicted molar refractivity (Wildman–Crippen MR) is 164 cm³/mol. The summed E-state index contributed by atoms with van der Waals surface area (Å²) in [5, 5.41) is 8.41. The molecule has 0 spiro atoms. The average Bonchev–Trinajstić information content (AvgIpc) is 3.55. The van der Waals surface area contributed by atoms with E-state index in [1.54, 1.807) is 33.9 Å². The zero-order valence-corrected chi connectivity index (χ0v) is 28.2. The van der Waals surface area contributed by atoms with Gasteiger partial charge in [0, 0.05) is 16.8 Å². The van der Waals surface area contributed by atoms with Gasteiger partial charge in [-0.05, 0) is 54.5 Å². The summed E-state index contributed by atoms with van der Waals surface area (Å²) in [6.07, 6.45) is -9.90. The van der Waals surface area contributed by atoms with E-state index in [1.165, 1.54) is 53.6 Å². The van der Waals surface area contributed by atoms with Crippen LogP contribution in [0.25, 0.3) is 17.1 Å². The second-order valence-corrected chi connectivity index (χ2v) is 17.5. The summed E-state index contributed by atoms with van der Waals surface area (Å²) in [5.74, 6) is -1.24. The van der Waals surface area contributed by atoms with Gasteiger partial charge in [-0.2, -0.15) is 26.3 Å². The highest BCUT2D eigenvalue weighted by Crippen LogP contribution is 2.40. The van der Waals surface area contributed by atoms with Crippen LogP contribution >= 0.6 is 11.6 Å². The molecule has 0 fully saturated rings. The molecule has 0 aliphatic carbocycles. The number of ether oxygens (including phenoxy) is 1. The highest BCUT2D eigenvalue weighted by atomic mass is 35.5. The van der Waals surface area contributed by atoms with Crippen molar-refractivity contribution in [3.05, 3.63) is 75.9 Å². The van der Waals surface area contributed by atoms with Crippen LogP contribution in [0.5, 0.6) is 0 Å². The van der Waals surface area contributed by atoms with E-state index >= 15 is 0 Å². The van der Waals surface area contributed by atoms with Gasteiger partial charge in [-0.3, -0.25) is 14.3 Å². The third kappa shape index (κ3) is 9.10. The quantitative estimate of drug-likeness (QED) is 0.105. The van der Waals surface area contributed by atoms with Crippen molar-refractivity contribution in [3.63, 3.8) is 0 Å². The number of benzene rings is 1. The van der Waals surface area contributed by atoms with Crippen LogP contribution in [0.15, 0.2) is 53.7 Å². The number of alkyl halides is 6. The van der Waals surface area contributed by atoms with Crippen molar-refractivity contribution in [2.75, 3.05) is 6.61 Å². The van der Waals surface area contributed by atoms with Crippen LogP contribution in [-0.4, -0.2) is 73.4 Å². The zero-order valence-electron chi connectivity index (χ0n) is 26.4. The molecule has 0 unspecified atom stereocenters. The van der Waals surface area contributed by atoms with E-state index in [4.69, 9.17) is 16.0 Å². The van der Waals surface area contributed by atoms with Gasteiger partial charge in [0.05, 0.1) is 24.3 Å². The number of rotatable bonds is 11. The van der Waals surface area contributed by atoms with Gasteiger partial charge in [-0.15, -0.1) is 10.2 Å². The number of hydrogen-bond acceptors (Lipinski definition) is 8. The minimum Gasteiger partial charge on any atom is -0.456 e. The summed E-state index contributed by atoms with van der Waals surface area (Å²) < 4.78 is 93.6. The van der Waals surface area contributed by atoms with Crippen LogP contribution in [0.2, 0.25) is 23.2 Å². The normalized spacial score (nSPS) is 13.5. The summed E-state index contributed by atoms with van der Waals surface area (Å²) in [6, 6.07) is 9.01. The smallest absolute Gasteiger partial charge is 0.422 e. The van der Waals surface area contributed by atoms with E-state index in [9.17, 15) is 35.9 Å². The van der Waals surface area contributed by atoms with Crippen molar-refractivity contribution < 1.29 is 40.3 Å². The Kier molecular flexibility index (Phi) is 10.6. The molecule has 0 saturated heterocycles. The van der Waals surface area contributed by atoms with Gasteiger partial charge in [-0.1, -0.05) is 32.4 Å². The topological polar surface area (TPSA) is 119 Å². The third-order valence-electron chi connectivity index (χ3n) is 7.63. The monoisotopic (exact) mass is 719 g/mol. The molecule has 48 heavy (non-hydrogen) atoms. The molecule has 19 heteroatoms. The second kappa shape index (κ2) is 13.8. The fourth-order valence-corrected chi connectivity index (χ4v) is 5.57. The zero-order chi connectivity index (χ0) is 35.7. The predicted octanol–water partition coefficient (Wildman–Crippen LogP) is 5.99. The van der Waals surface area contributed by atoms with Gasteiger partial charge in [0.1, 0.15) is 12.9 Å². The largest absolute Gasteiger partial charge is 0.456 e. The van der Waals surface area contributed by atoms with Crippen molar-refractivity contribution >= 4 is 25.9 Å². The van der Waals surface area contributed by atoms with Gasteiger partial charge < -0.3 is 9.16 Å². The molecular weight excluding hydrogens is 688 g/mol. The number of pyridine rings is 1. The Morgan fingerprint density at radius 3 is 2.27 bits per heavy atom. The Morgan fingerprint density at radius 2 is 1.67 bits per heavy atom. The first-order chi connectivity index (χ1) is 22.1. The van der Waals surface area contributed by atoms with Crippen molar-refractivity contribution in [1.82, 2.24) is 34.1 Å². The molecule has 0 aliphatic rings. The molecule has 1 aromatic carbocycles. The lowest BCUT2D eigenvalue weighted by atomic mass is 10.2. The first kappa shape index (κ1) is 36.8. The lowest BCUT2D eigenvalue weighted by molar-refractivity contribution is -0.202. The molecule has 0 amide bonds. The first-order valence-electron chi connectivity index (χ1n) is 14.4. The van der Waals surface area contributed by atoms with Crippen LogP contribution in [0.4, 0.5) is 26.3 Å². The minimum atomic E-state index is -4.81. The molecule has 0 N–H and O–H groups in total. The van der Waals surface area contributed by atoms with E-state index in [1.807, 2.05) is 0 Å². The third-order valence-corrected chi connectivity index (χ3v) is 12.4. The fourth-order valence-electron chi connectivity index (χ4n) is 4.17. The van der Waals surface area contributed by atoms with E-state index < -0.39 is 63.0 Å². The van der Waals surface area contributed by atoms with Crippen LogP contribution in [0, 0.1) is 0 Å². The van der Waals surface area contributed by atoms with Crippen LogP contribution in [-0.2, 0) is 33.5 Å². The highest BCUT2D eigenvalue weighted by Gasteiger charge is 2.48. The maximum Gasteiger partial charge on any atom is 0.422 e. The summed E-state index contributed by atoms with van der Waals surface area (Å²) in [4.78, 5) is 33.9. The maximum atomic E-state index is 14.4. The molecule has 3 aromatic heterocycles. The van der Waals surface area contributed by atoms with Gasteiger partial charge in [0.2, 0.25) is 0 Å². The standard InChI is InChI=1S/C29H32ClF6N7O4Si/c1-27(2,3)48(4,5)47-22(29(34,35)36)14-41-25(18-8-10-19(30)11-9-18)40-42(26(41)45)15-23-38-17-43(39-23)21-7-6-12-37-20(21)13-24(44)46-16-28(31,32)33/h6-12,17,22H,13-16H2,1-5H3/t22-/m0/s1. The lowest BCUT2D eigenvalue weighted by Crippen LogP contribution is -2.50. The van der Waals surface area contributed by atoms with Crippen molar-refractivity contribution in [3.8, 4) is 17.1 Å². The Labute approximate surface area is 276 Å². The second-order valence-electron chi connectivity index (χ2n) is 12.3. The molecule has 0 radical (unpaired) electrons. The average molecular weight is 720 g/mol. The number of esters is 1. The number of halogens is 7. The molecule has 260 valence electrons. The number of carbonyl (C=O) groups is 1. The lowest BCUT2D eigenvalue weighted by Gasteiger charge is -2.39. The molecule has 4 aromatic rings. The molecule has 3 heterocycles. The number of hydrogen-bond donors (Lipinski definition) is 0. The number of aromatic nitrogens is 7. The fraction of sp³-hybridized carbons (Fsp3) is 0.448. The van der Waals surface area contributed by atoms with E-state index in [0.29, 0.717) is 10.6 Å². The summed E-state index contributed by atoms with van der Waals surface area (Å²) in [6.45, 7) is 5.76. The van der Waals surface area contributed by atoms with Crippen molar-refractivity contribution in [1.29, 1.82) is 0 Å². The van der Waals surface area contributed by atoms with Crippen LogP contribution in [0.1, 0.15) is 32.3 Å². The number of carbonyl (C=O) groups excluding carboxylic acids is 1. The van der Waals surface area contributed by atoms with Gasteiger partial charge in [0.25, 0.3) is 0 Å². The van der Waals surface area contributed by atoms with Gasteiger partial charge in [-0.25, -0.2) is 19.1 Å². The first-order valence-corrected chi connectivity index (χ1v) is 17.7. The van der Waals surface area contributed by atoms with Crippen LogP contribution < -0.4 is 5.69 Å². The maximum absolute atomic E-state index is 14.4. The molecule has 1 atom stereocenters. The van der Waals surface area contributed by atoms with Crippen LogP contribution in [0.3, 0.4) is 0 Å². The van der Waals surface area contributed by atoms with E-state index in [-0.39, 0.29) is 29.6 Å². The number of nitrogens with zero attached hydrogens (tertiary/aromatic N) is 7. The summed E-state index contributed by atoms with van der Waals surface area (Å²) >= 11 is 6.02. The van der Waals surface area contributed by atoms with Gasteiger partial charge in [0.15, 0.2) is 32.7 Å². The van der Waals surface area contributed by atoms with Crippen molar-refractivity contribution in [2.45, 2.75) is 76.9 Å². The highest BCUT2D eigenvalue weighted by molar-refractivity contribution is 6.74. The molecular formula is C29H32ClF6N7O4Si. The minimum absolute atomic E-state index is 0.00347.